The van der Waals surface area contributed by atoms with Crippen molar-refractivity contribution in [2.24, 2.45) is 5.16 Å². The average Bonchev–Trinajstić information content (AvgIpc) is 3.21. The third-order valence-corrected chi connectivity index (χ3v) is 4.63. The number of rotatable bonds is 5. The molecule has 3 rings (SSSR count). The minimum absolute atomic E-state index is 0.0586. The van der Waals surface area contributed by atoms with Gasteiger partial charge < -0.3 is 10.2 Å². The lowest BCUT2D eigenvalue weighted by Gasteiger charge is -2.08. The van der Waals surface area contributed by atoms with Gasteiger partial charge in [0.15, 0.2) is 11.1 Å². The van der Waals surface area contributed by atoms with E-state index in [0.717, 1.165) is 12.3 Å². The largest absolute Gasteiger partial charge is 0.419 e. The van der Waals surface area contributed by atoms with E-state index >= 15 is 0 Å². The summed E-state index contributed by atoms with van der Waals surface area (Å²) in [4.78, 5) is 7.81. The zero-order valence-corrected chi connectivity index (χ0v) is 14.4. The number of alkyl halides is 3. The number of anilines is 2. The number of halogens is 4. The van der Waals surface area contributed by atoms with Crippen LogP contribution in [-0.4, -0.2) is 35.6 Å². The molecule has 0 unspecified atom stereocenters. The Bertz CT molecular complexity index is 796. The number of hydrogen-bond donors (Lipinski definition) is 2. The summed E-state index contributed by atoms with van der Waals surface area (Å²) in [5.41, 5.74) is -0.171. The van der Waals surface area contributed by atoms with Crippen LogP contribution >= 0.6 is 22.9 Å². The molecule has 0 spiro atoms. The molecular weight excluding hydrogens is 381 g/mol. The molecule has 0 saturated carbocycles. The predicted octanol–water partition coefficient (Wildman–Crippen LogP) is 2.67. The number of aromatic nitrogens is 3. The van der Waals surface area contributed by atoms with E-state index in [-0.39, 0.29) is 16.9 Å². The van der Waals surface area contributed by atoms with Crippen molar-refractivity contribution in [3.05, 3.63) is 27.9 Å². The van der Waals surface area contributed by atoms with E-state index in [1.54, 1.807) is 7.05 Å². The number of hydrogen-bond acceptors (Lipinski definition) is 7. The average molecular weight is 394 g/mol. The fourth-order valence-electron chi connectivity index (χ4n) is 2.09. The smallest absolute Gasteiger partial charge is 0.388 e. The topological polar surface area (TPSA) is 85.6 Å². The summed E-state index contributed by atoms with van der Waals surface area (Å²) in [6.07, 6.45) is -3.39. The van der Waals surface area contributed by atoms with Crippen LogP contribution in [0.25, 0.3) is 0 Å². The summed E-state index contributed by atoms with van der Waals surface area (Å²) in [5.74, 6) is 0.278. The maximum absolute atomic E-state index is 12.6. The Morgan fingerprint density at radius 3 is 2.88 bits per heavy atom. The van der Waals surface area contributed by atoms with E-state index < -0.39 is 11.7 Å². The molecule has 2 aromatic heterocycles. The second-order valence-corrected chi connectivity index (χ2v) is 6.51. The van der Waals surface area contributed by atoms with Crippen molar-refractivity contribution in [3.63, 3.8) is 0 Å². The van der Waals surface area contributed by atoms with E-state index in [9.17, 15) is 13.2 Å². The highest BCUT2D eigenvalue weighted by Crippen LogP contribution is 2.31. The Labute approximate surface area is 149 Å². The Balaban J connectivity index is 1.57. The first-order chi connectivity index (χ1) is 11.9. The zero-order valence-electron chi connectivity index (χ0n) is 12.8. The summed E-state index contributed by atoms with van der Waals surface area (Å²) >= 11 is 7.23. The Hall–Kier alpha value is -2.14. The molecule has 25 heavy (non-hydrogen) atoms. The summed E-state index contributed by atoms with van der Waals surface area (Å²) < 4.78 is 37.8. The Kier molecular flexibility index (Phi) is 4.95. The first-order valence-corrected chi connectivity index (χ1v) is 8.33. The molecule has 1 aliphatic heterocycles. The van der Waals surface area contributed by atoms with Crippen molar-refractivity contribution in [2.45, 2.75) is 18.7 Å². The zero-order chi connectivity index (χ0) is 18.0. The number of aromatic amines is 1. The van der Waals surface area contributed by atoms with Crippen LogP contribution in [-0.2, 0) is 11.0 Å². The number of pyridine rings is 1. The van der Waals surface area contributed by atoms with Gasteiger partial charge in [0.1, 0.15) is 23.5 Å². The number of oxime groups is 1. The van der Waals surface area contributed by atoms with Gasteiger partial charge in [0.05, 0.1) is 5.56 Å². The maximum atomic E-state index is 12.6. The van der Waals surface area contributed by atoms with Crippen molar-refractivity contribution in [1.82, 2.24) is 10.2 Å². The SMILES string of the molecule is CNc1nnc(C2=NO[C@H](CNc3[nH+]cc(C(F)(F)F)cc3Cl)C2)s1. The van der Waals surface area contributed by atoms with Crippen molar-refractivity contribution in [1.29, 1.82) is 0 Å². The number of nitrogens with one attached hydrogen (secondary N) is 3. The molecule has 0 aliphatic carbocycles. The molecule has 3 heterocycles. The molecule has 1 aliphatic rings. The van der Waals surface area contributed by atoms with Gasteiger partial charge in [0, 0.05) is 13.5 Å². The fourth-order valence-corrected chi connectivity index (χ4v) is 3.02. The highest BCUT2D eigenvalue weighted by atomic mass is 35.5. The van der Waals surface area contributed by atoms with Crippen molar-refractivity contribution in [3.8, 4) is 0 Å². The standard InChI is InChI=1S/C13H12ClF3N6OS/c1-18-12-22-21-11(25-12)9-3-7(24-23-9)5-20-10-8(14)2-6(4-19-10)13(15,16)17/h2,4,7H,3,5H2,1H3,(H,18,22)(H,19,20)/p+1/t7-/m0/s1. The van der Waals surface area contributed by atoms with Gasteiger partial charge >= 0.3 is 6.18 Å². The van der Waals surface area contributed by atoms with E-state index in [1.165, 1.54) is 11.3 Å². The van der Waals surface area contributed by atoms with Crippen LogP contribution in [0.5, 0.6) is 0 Å². The quantitative estimate of drug-likeness (QED) is 0.815. The second-order valence-electron chi connectivity index (χ2n) is 5.12. The molecule has 12 heteroatoms. The molecule has 0 aromatic carbocycles. The first kappa shape index (κ1) is 17.7. The van der Waals surface area contributed by atoms with Gasteiger partial charge in [0.25, 0.3) is 5.82 Å². The van der Waals surface area contributed by atoms with Crippen LogP contribution in [0.2, 0.25) is 5.02 Å². The fraction of sp³-hybridized carbons (Fsp3) is 0.385. The van der Waals surface area contributed by atoms with Crippen LogP contribution in [0.1, 0.15) is 17.0 Å². The summed E-state index contributed by atoms with van der Waals surface area (Å²) in [7, 11) is 1.74. The van der Waals surface area contributed by atoms with E-state index in [0.29, 0.717) is 28.8 Å². The minimum atomic E-state index is -4.45. The van der Waals surface area contributed by atoms with Crippen LogP contribution in [0.15, 0.2) is 17.4 Å². The lowest BCUT2D eigenvalue weighted by molar-refractivity contribution is -0.364. The second kappa shape index (κ2) is 7.00. The molecule has 0 radical (unpaired) electrons. The molecule has 0 fully saturated rings. The van der Waals surface area contributed by atoms with Crippen LogP contribution in [0.4, 0.5) is 24.1 Å². The lowest BCUT2D eigenvalue weighted by Crippen LogP contribution is -2.25. The van der Waals surface area contributed by atoms with E-state index in [1.807, 2.05) is 0 Å². The molecule has 0 bridgehead atoms. The molecule has 2 aromatic rings. The third kappa shape index (κ3) is 4.10. The highest BCUT2D eigenvalue weighted by Gasteiger charge is 2.33. The molecule has 3 N–H and O–H groups in total. The molecule has 1 atom stereocenters. The van der Waals surface area contributed by atoms with Crippen LogP contribution in [0, 0.1) is 0 Å². The van der Waals surface area contributed by atoms with Crippen molar-refractivity contribution >= 4 is 39.6 Å². The van der Waals surface area contributed by atoms with Gasteiger partial charge in [-0.15, -0.1) is 10.2 Å². The van der Waals surface area contributed by atoms with Gasteiger partial charge in [-0.25, -0.2) is 4.98 Å². The lowest BCUT2D eigenvalue weighted by atomic mass is 10.2. The Morgan fingerprint density at radius 1 is 1.44 bits per heavy atom. The monoisotopic (exact) mass is 393 g/mol. The molecule has 7 nitrogen and oxygen atoms in total. The number of nitrogens with zero attached hydrogens (tertiary/aromatic N) is 3. The number of H-pyrrole nitrogens is 1. The summed E-state index contributed by atoms with van der Waals surface area (Å²) in [6, 6.07) is 0.859. The summed E-state index contributed by atoms with van der Waals surface area (Å²) in [6.45, 7) is 0.312. The first-order valence-electron chi connectivity index (χ1n) is 7.13. The molecule has 0 saturated heterocycles. The van der Waals surface area contributed by atoms with Crippen molar-refractivity contribution < 1.29 is 23.0 Å². The third-order valence-electron chi connectivity index (χ3n) is 3.35. The normalized spacial score (nSPS) is 17.2. The highest BCUT2D eigenvalue weighted by molar-refractivity contribution is 7.17. The van der Waals surface area contributed by atoms with Gasteiger partial charge in [-0.3, -0.25) is 5.32 Å². The molecule has 0 amide bonds. The van der Waals surface area contributed by atoms with Gasteiger partial charge in [-0.05, 0) is 6.07 Å². The molecular formula is C13H13ClF3N6OS+. The van der Waals surface area contributed by atoms with Gasteiger partial charge in [-0.2, -0.15) is 13.2 Å². The van der Waals surface area contributed by atoms with Crippen LogP contribution in [0.3, 0.4) is 0 Å². The van der Waals surface area contributed by atoms with Crippen molar-refractivity contribution in [2.75, 3.05) is 24.2 Å². The molecule has 134 valence electrons. The van der Waals surface area contributed by atoms with Crippen LogP contribution < -0.4 is 15.6 Å². The van der Waals surface area contributed by atoms with E-state index in [2.05, 4.69) is 31.0 Å². The summed E-state index contributed by atoms with van der Waals surface area (Å²) in [5, 5.41) is 19.0. The predicted molar refractivity (Wildman–Crippen MR) is 87.0 cm³/mol. The van der Waals surface area contributed by atoms with Gasteiger partial charge in [-0.1, -0.05) is 28.1 Å². The van der Waals surface area contributed by atoms with E-state index in [4.69, 9.17) is 16.4 Å². The maximum Gasteiger partial charge on any atom is 0.419 e. The van der Waals surface area contributed by atoms with Gasteiger partial charge in [0.2, 0.25) is 5.13 Å². The Morgan fingerprint density at radius 2 is 2.24 bits per heavy atom. The minimum Gasteiger partial charge on any atom is -0.388 e.